The van der Waals surface area contributed by atoms with E-state index < -0.39 is 0 Å². The molecular weight excluding hydrogens is 318 g/mol. The third kappa shape index (κ3) is 5.01. The number of likely N-dealkylation sites (N-methyl/N-ethyl adjacent to an activating group) is 1. The van der Waals surface area contributed by atoms with Gasteiger partial charge in [-0.25, -0.2) is 0 Å². The summed E-state index contributed by atoms with van der Waals surface area (Å²) in [6.07, 6.45) is 6.16. The number of nitrogens with zero attached hydrogens (tertiary/aromatic N) is 5. The van der Waals surface area contributed by atoms with Crippen LogP contribution in [0.2, 0.25) is 0 Å². The predicted molar refractivity (Wildman–Crippen MR) is 95.0 cm³/mol. The molecule has 1 atom stereocenters. The molecule has 7 heteroatoms. The second-order valence-electron chi connectivity index (χ2n) is 7.31. The van der Waals surface area contributed by atoms with Crippen molar-refractivity contribution in [1.29, 1.82) is 0 Å². The van der Waals surface area contributed by atoms with E-state index in [1.165, 1.54) is 6.42 Å². The predicted octanol–water partition coefficient (Wildman–Crippen LogP) is 1.54. The molecule has 0 aliphatic carbocycles. The third-order valence-electron chi connectivity index (χ3n) is 5.42. The Hall–Kier alpha value is -1.47. The molecule has 0 spiro atoms. The average Bonchev–Trinajstić information content (AvgIpc) is 3.29. The molecule has 0 saturated carbocycles. The van der Waals surface area contributed by atoms with E-state index in [1.807, 2.05) is 11.8 Å². The van der Waals surface area contributed by atoms with Gasteiger partial charge in [0.15, 0.2) is 5.82 Å². The van der Waals surface area contributed by atoms with Crippen LogP contribution in [0.5, 0.6) is 0 Å². The molecule has 0 unspecified atom stereocenters. The van der Waals surface area contributed by atoms with Crippen LogP contribution in [0.25, 0.3) is 0 Å². The van der Waals surface area contributed by atoms with Crippen LogP contribution in [0.3, 0.4) is 0 Å². The fraction of sp³-hybridized carbons (Fsp3) is 0.833. The number of hydrogen-bond donors (Lipinski definition) is 0. The number of amides is 1. The number of rotatable bonds is 7. The molecule has 2 saturated heterocycles. The highest BCUT2D eigenvalue weighted by Gasteiger charge is 2.27. The van der Waals surface area contributed by atoms with Gasteiger partial charge in [0, 0.05) is 45.1 Å². The number of aromatic nitrogens is 2. The molecule has 1 aromatic rings. The fourth-order valence-electron chi connectivity index (χ4n) is 3.78. The first kappa shape index (κ1) is 18.3. The highest BCUT2D eigenvalue weighted by atomic mass is 16.5. The zero-order valence-electron chi connectivity index (χ0n) is 15.6. The monoisotopic (exact) mass is 349 g/mol. The van der Waals surface area contributed by atoms with Gasteiger partial charge < -0.3 is 14.3 Å². The van der Waals surface area contributed by atoms with Gasteiger partial charge in [0.1, 0.15) is 0 Å². The standard InChI is InChI=1S/C18H31N5O2/c1-3-17-19-16(20-25-17)14-21(2)15-7-11-22(13-15)12-8-18(24)23-9-5-4-6-10-23/h15H,3-14H2,1-2H3/t15-/m1/s1. The first-order valence-corrected chi connectivity index (χ1v) is 9.67. The summed E-state index contributed by atoms with van der Waals surface area (Å²) in [7, 11) is 2.12. The highest BCUT2D eigenvalue weighted by molar-refractivity contribution is 5.76. The van der Waals surface area contributed by atoms with Crippen LogP contribution in [0.15, 0.2) is 4.52 Å². The molecule has 2 fully saturated rings. The lowest BCUT2D eigenvalue weighted by Gasteiger charge is -2.28. The van der Waals surface area contributed by atoms with E-state index in [-0.39, 0.29) is 0 Å². The van der Waals surface area contributed by atoms with Crippen LogP contribution < -0.4 is 0 Å². The smallest absolute Gasteiger partial charge is 0.226 e. The SMILES string of the molecule is CCc1nc(CN(C)[C@@H]2CCN(CCC(=O)N3CCCCC3)C2)no1. The van der Waals surface area contributed by atoms with Crippen molar-refractivity contribution < 1.29 is 9.32 Å². The van der Waals surface area contributed by atoms with Crippen LogP contribution in [0.4, 0.5) is 0 Å². The molecule has 0 bridgehead atoms. The summed E-state index contributed by atoms with van der Waals surface area (Å²) in [6.45, 7) is 7.60. The Morgan fingerprint density at radius 2 is 2.08 bits per heavy atom. The van der Waals surface area contributed by atoms with Crippen molar-refractivity contribution >= 4 is 5.91 Å². The van der Waals surface area contributed by atoms with Gasteiger partial charge in [-0.1, -0.05) is 12.1 Å². The van der Waals surface area contributed by atoms with E-state index in [1.54, 1.807) is 0 Å². The Bertz CT molecular complexity index is 555. The second kappa shape index (κ2) is 8.76. The van der Waals surface area contributed by atoms with Crippen molar-refractivity contribution in [2.24, 2.45) is 0 Å². The van der Waals surface area contributed by atoms with Gasteiger partial charge in [-0.2, -0.15) is 4.98 Å². The maximum atomic E-state index is 12.3. The molecule has 25 heavy (non-hydrogen) atoms. The summed E-state index contributed by atoms with van der Waals surface area (Å²) in [5.74, 6) is 1.79. The Balaban J connectivity index is 1.39. The van der Waals surface area contributed by atoms with Crippen molar-refractivity contribution in [3.63, 3.8) is 0 Å². The molecule has 140 valence electrons. The van der Waals surface area contributed by atoms with Crippen molar-refractivity contribution in [2.45, 2.75) is 58.0 Å². The molecule has 0 N–H and O–H groups in total. The van der Waals surface area contributed by atoms with E-state index in [0.717, 1.165) is 64.2 Å². The summed E-state index contributed by atoms with van der Waals surface area (Å²) in [5.41, 5.74) is 0. The summed E-state index contributed by atoms with van der Waals surface area (Å²) >= 11 is 0. The minimum atomic E-state index is 0.329. The summed E-state index contributed by atoms with van der Waals surface area (Å²) in [6, 6.07) is 0.494. The summed E-state index contributed by atoms with van der Waals surface area (Å²) in [4.78, 5) is 23.5. The van der Waals surface area contributed by atoms with Gasteiger partial charge in [-0.15, -0.1) is 0 Å². The summed E-state index contributed by atoms with van der Waals surface area (Å²) in [5, 5.41) is 4.04. The van der Waals surface area contributed by atoms with E-state index in [0.29, 0.717) is 30.8 Å². The van der Waals surface area contributed by atoms with Gasteiger partial charge in [-0.3, -0.25) is 9.69 Å². The van der Waals surface area contributed by atoms with Crippen LogP contribution >= 0.6 is 0 Å². The number of likely N-dealkylation sites (tertiary alicyclic amines) is 2. The molecule has 2 aliphatic rings. The first-order chi connectivity index (χ1) is 12.2. The molecule has 3 heterocycles. The van der Waals surface area contributed by atoms with Gasteiger partial charge >= 0.3 is 0 Å². The number of aryl methyl sites for hydroxylation is 1. The Labute approximate surface area is 150 Å². The van der Waals surface area contributed by atoms with E-state index in [9.17, 15) is 4.79 Å². The number of carbonyl (C=O) groups excluding carboxylic acids is 1. The van der Waals surface area contributed by atoms with Gasteiger partial charge in [0.25, 0.3) is 0 Å². The zero-order valence-corrected chi connectivity index (χ0v) is 15.6. The topological polar surface area (TPSA) is 65.7 Å². The van der Waals surface area contributed by atoms with E-state index >= 15 is 0 Å². The van der Waals surface area contributed by atoms with Crippen LogP contribution in [-0.4, -0.2) is 76.6 Å². The molecule has 1 amide bonds. The molecule has 0 radical (unpaired) electrons. The maximum absolute atomic E-state index is 12.3. The van der Waals surface area contributed by atoms with E-state index in [4.69, 9.17) is 4.52 Å². The van der Waals surface area contributed by atoms with Crippen molar-refractivity contribution in [1.82, 2.24) is 24.8 Å². The van der Waals surface area contributed by atoms with Gasteiger partial charge in [0.05, 0.1) is 6.54 Å². The molecule has 7 nitrogen and oxygen atoms in total. The van der Waals surface area contributed by atoms with E-state index in [2.05, 4.69) is 27.0 Å². The lowest BCUT2D eigenvalue weighted by Crippen LogP contribution is -2.38. The van der Waals surface area contributed by atoms with Crippen LogP contribution in [0, 0.1) is 0 Å². The normalized spacial score (nSPS) is 22.0. The maximum Gasteiger partial charge on any atom is 0.226 e. The Kier molecular flexibility index (Phi) is 6.42. The van der Waals surface area contributed by atoms with Crippen molar-refractivity contribution in [2.75, 3.05) is 39.8 Å². The van der Waals surface area contributed by atoms with Crippen LogP contribution in [-0.2, 0) is 17.8 Å². The molecule has 3 rings (SSSR count). The Morgan fingerprint density at radius 1 is 1.28 bits per heavy atom. The fourth-order valence-corrected chi connectivity index (χ4v) is 3.78. The lowest BCUT2D eigenvalue weighted by atomic mass is 10.1. The zero-order chi connectivity index (χ0) is 17.6. The van der Waals surface area contributed by atoms with Gasteiger partial charge in [-0.05, 0) is 39.3 Å². The largest absolute Gasteiger partial charge is 0.343 e. The Morgan fingerprint density at radius 3 is 2.80 bits per heavy atom. The average molecular weight is 349 g/mol. The van der Waals surface area contributed by atoms with Gasteiger partial charge in [0.2, 0.25) is 11.8 Å². The quantitative estimate of drug-likeness (QED) is 0.744. The lowest BCUT2D eigenvalue weighted by molar-refractivity contribution is -0.132. The number of hydrogen-bond acceptors (Lipinski definition) is 6. The number of piperidine rings is 1. The second-order valence-corrected chi connectivity index (χ2v) is 7.31. The number of carbonyl (C=O) groups is 1. The van der Waals surface area contributed by atoms with Crippen molar-refractivity contribution in [3.8, 4) is 0 Å². The van der Waals surface area contributed by atoms with Crippen LogP contribution in [0.1, 0.15) is 50.7 Å². The molecule has 1 aromatic heterocycles. The summed E-state index contributed by atoms with van der Waals surface area (Å²) < 4.78 is 5.18. The third-order valence-corrected chi connectivity index (χ3v) is 5.42. The molecule has 0 aromatic carbocycles. The minimum absolute atomic E-state index is 0.329. The van der Waals surface area contributed by atoms with Crippen molar-refractivity contribution in [3.05, 3.63) is 11.7 Å². The first-order valence-electron chi connectivity index (χ1n) is 9.67. The molecule has 2 aliphatic heterocycles. The highest BCUT2D eigenvalue weighted by Crippen LogP contribution is 2.17. The molecular formula is C18H31N5O2. The minimum Gasteiger partial charge on any atom is -0.343 e.